The molecule has 0 bridgehead atoms. The van der Waals surface area contributed by atoms with Gasteiger partial charge in [-0.15, -0.1) is 0 Å². The molecule has 0 fully saturated rings. The molecule has 1 aromatic carbocycles. The molecular weight excluding hydrogens is 222 g/mol. The Balaban J connectivity index is 2.93. The van der Waals surface area contributed by atoms with Gasteiger partial charge in [0.05, 0.1) is 5.56 Å². The molecule has 0 spiro atoms. The molecule has 17 heavy (non-hydrogen) atoms. The van der Waals surface area contributed by atoms with Crippen LogP contribution >= 0.6 is 0 Å². The topological polar surface area (TPSA) is 107 Å². The molecule has 0 radical (unpaired) electrons. The van der Waals surface area contributed by atoms with E-state index >= 15 is 0 Å². The number of hydrazine groups is 1. The second-order valence-corrected chi connectivity index (χ2v) is 3.38. The van der Waals surface area contributed by atoms with E-state index in [1.165, 1.54) is 6.07 Å². The summed E-state index contributed by atoms with van der Waals surface area (Å²) >= 11 is 0. The molecular formula is C11H15N3O3. The number of nitrogens with one attached hydrogen (secondary N) is 1. The lowest BCUT2D eigenvalue weighted by Gasteiger charge is -2.17. The molecule has 2 amide bonds. The van der Waals surface area contributed by atoms with Crippen LogP contribution in [-0.4, -0.2) is 17.9 Å². The number of hydrogen-bond donors (Lipinski definition) is 3. The fourth-order valence-electron chi connectivity index (χ4n) is 1.34. The molecule has 0 saturated carbocycles. The zero-order chi connectivity index (χ0) is 12.8. The van der Waals surface area contributed by atoms with E-state index in [2.05, 4.69) is 0 Å². The van der Waals surface area contributed by atoms with Gasteiger partial charge in [0.25, 0.3) is 11.8 Å². The molecule has 0 aliphatic rings. The molecule has 1 rings (SSSR count). The summed E-state index contributed by atoms with van der Waals surface area (Å²) in [5.74, 6) is 4.24. The van der Waals surface area contributed by atoms with E-state index in [1.54, 1.807) is 25.1 Å². The Labute approximate surface area is 98.9 Å². The monoisotopic (exact) mass is 237 g/mol. The predicted molar refractivity (Wildman–Crippen MR) is 62.0 cm³/mol. The van der Waals surface area contributed by atoms with Crippen LogP contribution in [0, 0.1) is 0 Å². The minimum Gasteiger partial charge on any atom is -0.480 e. The van der Waals surface area contributed by atoms with Crippen LogP contribution in [-0.2, 0) is 4.79 Å². The van der Waals surface area contributed by atoms with Crippen molar-refractivity contribution in [2.45, 2.75) is 19.4 Å². The Hall–Kier alpha value is -2.08. The lowest BCUT2D eigenvalue weighted by molar-refractivity contribution is -0.128. The summed E-state index contributed by atoms with van der Waals surface area (Å²) in [6.45, 7) is 1.77. The molecule has 1 aromatic rings. The van der Waals surface area contributed by atoms with Crippen molar-refractivity contribution < 1.29 is 14.3 Å². The normalized spacial score (nSPS) is 11.6. The first-order valence-corrected chi connectivity index (χ1v) is 5.16. The molecule has 0 aliphatic heterocycles. The fourth-order valence-corrected chi connectivity index (χ4v) is 1.34. The fraction of sp³-hybridized carbons (Fsp3) is 0.273. The van der Waals surface area contributed by atoms with Gasteiger partial charge in [0.15, 0.2) is 6.10 Å². The molecule has 0 aromatic heterocycles. The van der Waals surface area contributed by atoms with E-state index in [1.807, 2.05) is 5.43 Å². The average Bonchev–Trinajstić information content (AvgIpc) is 2.35. The Bertz CT molecular complexity index is 420. The molecule has 0 saturated heterocycles. The maximum absolute atomic E-state index is 11.4. The van der Waals surface area contributed by atoms with E-state index in [0.29, 0.717) is 6.42 Å². The summed E-state index contributed by atoms with van der Waals surface area (Å²) in [6, 6.07) is 6.46. The third kappa shape index (κ3) is 3.18. The third-order valence-corrected chi connectivity index (χ3v) is 2.23. The average molecular weight is 237 g/mol. The first-order chi connectivity index (χ1) is 8.10. The van der Waals surface area contributed by atoms with E-state index in [0.717, 1.165) is 0 Å². The van der Waals surface area contributed by atoms with Gasteiger partial charge in [0, 0.05) is 0 Å². The maximum atomic E-state index is 11.4. The number of rotatable bonds is 5. The summed E-state index contributed by atoms with van der Waals surface area (Å²) < 4.78 is 5.42. The van der Waals surface area contributed by atoms with Crippen molar-refractivity contribution >= 4 is 11.8 Å². The van der Waals surface area contributed by atoms with Crippen molar-refractivity contribution in [3.63, 3.8) is 0 Å². The smallest absolute Gasteiger partial charge is 0.274 e. The van der Waals surface area contributed by atoms with Gasteiger partial charge in [-0.3, -0.25) is 15.0 Å². The summed E-state index contributed by atoms with van der Waals surface area (Å²) in [5, 5.41) is 0. The van der Waals surface area contributed by atoms with Crippen LogP contribution in [0.5, 0.6) is 5.75 Å². The highest BCUT2D eigenvalue weighted by molar-refractivity contribution is 5.95. The van der Waals surface area contributed by atoms with Crippen molar-refractivity contribution in [2.75, 3.05) is 0 Å². The molecule has 1 unspecified atom stereocenters. The van der Waals surface area contributed by atoms with Gasteiger partial charge in [-0.2, -0.15) is 0 Å². The zero-order valence-corrected chi connectivity index (χ0v) is 9.47. The number of amides is 2. The molecule has 0 aliphatic carbocycles. The molecule has 6 nitrogen and oxygen atoms in total. The Kier molecular flexibility index (Phi) is 4.47. The highest BCUT2D eigenvalue weighted by Gasteiger charge is 2.19. The van der Waals surface area contributed by atoms with E-state index < -0.39 is 17.9 Å². The van der Waals surface area contributed by atoms with Gasteiger partial charge < -0.3 is 10.5 Å². The minimum atomic E-state index is -0.750. The van der Waals surface area contributed by atoms with Gasteiger partial charge >= 0.3 is 0 Å². The lowest BCUT2D eigenvalue weighted by atomic mass is 10.2. The van der Waals surface area contributed by atoms with Crippen LogP contribution in [0.2, 0.25) is 0 Å². The van der Waals surface area contributed by atoms with Gasteiger partial charge in [-0.1, -0.05) is 19.1 Å². The molecule has 6 heteroatoms. The number of para-hydroxylation sites is 1. The van der Waals surface area contributed by atoms with E-state index in [-0.39, 0.29) is 11.3 Å². The largest absolute Gasteiger partial charge is 0.480 e. The number of ether oxygens (including phenoxy) is 1. The minimum absolute atomic E-state index is 0.232. The lowest BCUT2D eigenvalue weighted by Crippen LogP contribution is -2.42. The van der Waals surface area contributed by atoms with Crippen LogP contribution in [0.4, 0.5) is 0 Å². The SMILES string of the molecule is CCC(Oc1ccccc1C(N)=O)C(=O)NN. The number of nitrogens with two attached hydrogens (primary N) is 2. The van der Waals surface area contributed by atoms with Crippen molar-refractivity contribution in [2.24, 2.45) is 11.6 Å². The number of benzene rings is 1. The first kappa shape index (κ1) is 13.0. The Morgan fingerprint density at radius 3 is 2.59 bits per heavy atom. The second-order valence-electron chi connectivity index (χ2n) is 3.38. The molecule has 1 atom stereocenters. The van der Waals surface area contributed by atoms with Crippen molar-refractivity contribution in [3.8, 4) is 5.75 Å². The van der Waals surface area contributed by atoms with Crippen molar-refractivity contribution in [1.29, 1.82) is 0 Å². The van der Waals surface area contributed by atoms with Crippen molar-refractivity contribution in [3.05, 3.63) is 29.8 Å². The highest BCUT2D eigenvalue weighted by atomic mass is 16.5. The van der Waals surface area contributed by atoms with Crippen LogP contribution in [0.1, 0.15) is 23.7 Å². The number of carbonyl (C=O) groups excluding carboxylic acids is 2. The van der Waals surface area contributed by atoms with Crippen LogP contribution in [0.15, 0.2) is 24.3 Å². The predicted octanol–water partition coefficient (Wildman–Crippen LogP) is -0.0672. The summed E-state index contributed by atoms with van der Waals surface area (Å²) in [7, 11) is 0. The number of carbonyl (C=O) groups is 2. The zero-order valence-electron chi connectivity index (χ0n) is 9.47. The quantitative estimate of drug-likeness (QED) is 0.378. The highest BCUT2D eigenvalue weighted by Crippen LogP contribution is 2.19. The summed E-state index contributed by atoms with van der Waals surface area (Å²) in [4.78, 5) is 22.5. The van der Waals surface area contributed by atoms with Gasteiger partial charge in [0.2, 0.25) is 0 Å². The third-order valence-electron chi connectivity index (χ3n) is 2.23. The number of hydrogen-bond acceptors (Lipinski definition) is 4. The summed E-state index contributed by atoms with van der Waals surface area (Å²) in [6.07, 6.45) is -0.323. The van der Waals surface area contributed by atoms with Gasteiger partial charge in [0.1, 0.15) is 5.75 Å². The van der Waals surface area contributed by atoms with Crippen LogP contribution in [0.3, 0.4) is 0 Å². The van der Waals surface area contributed by atoms with Crippen LogP contribution < -0.4 is 21.7 Å². The van der Waals surface area contributed by atoms with E-state index in [9.17, 15) is 9.59 Å². The van der Waals surface area contributed by atoms with Crippen LogP contribution in [0.25, 0.3) is 0 Å². The summed E-state index contributed by atoms with van der Waals surface area (Å²) in [5.41, 5.74) is 7.43. The molecule has 5 N–H and O–H groups in total. The number of primary amides is 1. The maximum Gasteiger partial charge on any atom is 0.274 e. The first-order valence-electron chi connectivity index (χ1n) is 5.16. The van der Waals surface area contributed by atoms with Crippen molar-refractivity contribution in [1.82, 2.24) is 5.43 Å². The Morgan fingerprint density at radius 2 is 2.06 bits per heavy atom. The second kappa shape index (κ2) is 5.86. The van der Waals surface area contributed by atoms with Gasteiger partial charge in [-0.25, -0.2) is 5.84 Å². The Morgan fingerprint density at radius 1 is 1.41 bits per heavy atom. The van der Waals surface area contributed by atoms with E-state index in [4.69, 9.17) is 16.3 Å². The molecule has 0 heterocycles. The molecule has 92 valence electrons. The standard InChI is InChI=1S/C11H15N3O3/c1-2-8(11(16)14-13)17-9-6-4-3-5-7(9)10(12)15/h3-6,8H,2,13H2,1H3,(H2,12,15)(H,14,16). The van der Waals surface area contributed by atoms with Gasteiger partial charge in [-0.05, 0) is 18.6 Å².